The normalized spacial score (nSPS) is 12.4. The SMILES string of the molecule is CC(C)(C)OC(=O)C(C)(C)Cc1ccc(Cl)c(Br)c1. The summed E-state index contributed by atoms with van der Waals surface area (Å²) in [5.74, 6) is -0.189. The van der Waals surface area contributed by atoms with Gasteiger partial charge in [0.15, 0.2) is 0 Å². The molecule has 106 valence electrons. The van der Waals surface area contributed by atoms with Crippen LogP contribution in [0.1, 0.15) is 40.2 Å². The summed E-state index contributed by atoms with van der Waals surface area (Å²) >= 11 is 9.35. The first-order valence-electron chi connectivity index (χ1n) is 6.19. The summed E-state index contributed by atoms with van der Waals surface area (Å²) in [4.78, 5) is 12.2. The Morgan fingerprint density at radius 2 is 1.84 bits per heavy atom. The summed E-state index contributed by atoms with van der Waals surface area (Å²) in [6.45, 7) is 9.41. The molecule has 1 aromatic rings. The van der Waals surface area contributed by atoms with E-state index in [-0.39, 0.29) is 5.97 Å². The Morgan fingerprint density at radius 1 is 1.26 bits per heavy atom. The zero-order valence-electron chi connectivity index (χ0n) is 12.0. The van der Waals surface area contributed by atoms with Crippen molar-refractivity contribution in [1.29, 1.82) is 0 Å². The number of hydrogen-bond donors (Lipinski definition) is 0. The van der Waals surface area contributed by atoms with E-state index in [0.29, 0.717) is 11.4 Å². The van der Waals surface area contributed by atoms with Crippen molar-refractivity contribution in [3.63, 3.8) is 0 Å². The second-order valence-corrected chi connectivity index (χ2v) is 7.57. The number of carbonyl (C=O) groups is 1. The maximum Gasteiger partial charge on any atom is 0.312 e. The highest BCUT2D eigenvalue weighted by Crippen LogP contribution is 2.29. The number of carbonyl (C=O) groups excluding carboxylic acids is 1. The molecule has 2 nitrogen and oxygen atoms in total. The maximum atomic E-state index is 12.2. The molecule has 1 rings (SSSR count). The van der Waals surface area contributed by atoms with Gasteiger partial charge < -0.3 is 4.74 Å². The second kappa shape index (κ2) is 5.84. The highest BCUT2D eigenvalue weighted by Gasteiger charge is 2.32. The fraction of sp³-hybridized carbons (Fsp3) is 0.533. The molecule has 0 N–H and O–H groups in total. The van der Waals surface area contributed by atoms with Crippen LogP contribution in [0.3, 0.4) is 0 Å². The molecule has 0 bridgehead atoms. The third-order valence-electron chi connectivity index (χ3n) is 2.58. The van der Waals surface area contributed by atoms with E-state index in [9.17, 15) is 4.79 Å². The molecular weight excluding hydrogens is 328 g/mol. The summed E-state index contributed by atoms with van der Waals surface area (Å²) in [5.41, 5.74) is 0.0160. The first kappa shape index (κ1) is 16.5. The van der Waals surface area contributed by atoms with E-state index >= 15 is 0 Å². The number of halogens is 2. The van der Waals surface area contributed by atoms with Gasteiger partial charge in [-0.2, -0.15) is 0 Å². The van der Waals surface area contributed by atoms with Crippen LogP contribution in [0, 0.1) is 5.41 Å². The smallest absolute Gasteiger partial charge is 0.312 e. The zero-order chi connectivity index (χ0) is 14.8. The van der Waals surface area contributed by atoms with E-state index in [1.165, 1.54) is 0 Å². The highest BCUT2D eigenvalue weighted by molar-refractivity contribution is 9.10. The minimum absolute atomic E-state index is 0.189. The van der Waals surface area contributed by atoms with Crippen LogP contribution in [-0.4, -0.2) is 11.6 Å². The Kier molecular flexibility index (Phi) is 5.08. The van der Waals surface area contributed by atoms with Gasteiger partial charge in [-0.05, 0) is 74.7 Å². The van der Waals surface area contributed by atoms with Crippen molar-refractivity contribution in [2.75, 3.05) is 0 Å². The molecule has 0 saturated carbocycles. The minimum Gasteiger partial charge on any atom is -0.460 e. The van der Waals surface area contributed by atoms with E-state index in [1.807, 2.05) is 52.8 Å². The predicted molar refractivity (Wildman–Crippen MR) is 82.5 cm³/mol. The summed E-state index contributed by atoms with van der Waals surface area (Å²) in [6, 6.07) is 5.69. The molecule has 19 heavy (non-hydrogen) atoms. The standard InChI is InChI=1S/C15H20BrClO2/c1-14(2,3)19-13(18)15(4,5)9-10-6-7-12(17)11(16)8-10/h6-8H,9H2,1-5H3. The first-order valence-corrected chi connectivity index (χ1v) is 7.36. The molecule has 0 atom stereocenters. The Morgan fingerprint density at radius 3 is 2.32 bits per heavy atom. The van der Waals surface area contributed by atoms with Gasteiger partial charge in [0.2, 0.25) is 0 Å². The zero-order valence-corrected chi connectivity index (χ0v) is 14.4. The van der Waals surface area contributed by atoms with Crippen molar-refractivity contribution >= 4 is 33.5 Å². The van der Waals surface area contributed by atoms with Gasteiger partial charge in [0.05, 0.1) is 10.4 Å². The van der Waals surface area contributed by atoms with E-state index in [0.717, 1.165) is 10.0 Å². The van der Waals surface area contributed by atoms with Crippen LogP contribution in [0.15, 0.2) is 22.7 Å². The third-order valence-corrected chi connectivity index (χ3v) is 3.80. The molecular formula is C15H20BrClO2. The Bertz CT molecular complexity index is 476. The van der Waals surface area contributed by atoms with Gasteiger partial charge in [0.25, 0.3) is 0 Å². The molecule has 0 aromatic heterocycles. The van der Waals surface area contributed by atoms with E-state index in [4.69, 9.17) is 16.3 Å². The third kappa shape index (κ3) is 5.15. The number of ether oxygens (including phenoxy) is 1. The monoisotopic (exact) mass is 346 g/mol. The number of esters is 1. The van der Waals surface area contributed by atoms with Crippen molar-refractivity contribution in [2.45, 2.75) is 46.6 Å². The van der Waals surface area contributed by atoms with Gasteiger partial charge >= 0.3 is 5.97 Å². The molecule has 0 radical (unpaired) electrons. The average Bonchev–Trinajstić information content (AvgIpc) is 2.20. The van der Waals surface area contributed by atoms with Crippen molar-refractivity contribution < 1.29 is 9.53 Å². The number of rotatable bonds is 3. The molecule has 0 fully saturated rings. The van der Waals surface area contributed by atoms with Crippen LogP contribution in [0.2, 0.25) is 5.02 Å². The van der Waals surface area contributed by atoms with Crippen molar-refractivity contribution in [2.24, 2.45) is 5.41 Å². The Labute approximate surface area is 128 Å². The van der Waals surface area contributed by atoms with E-state index in [2.05, 4.69) is 15.9 Å². The molecule has 0 aliphatic rings. The molecule has 0 unspecified atom stereocenters. The first-order chi connectivity index (χ1) is 8.51. The van der Waals surface area contributed by atoms with Gasteiger partial charge in [-0.3, -0.25) is 4.79 Å². The van der Waals surface area contributed by atoms with Crippen LogP contribution >= 0.6 is 27.5 Å². The number of benzene rings is 1. The molecule has 1 aromatic carbocycles. The van der Waals surface area contributed by atoms with Gasteiger partial charge in [-0.25, -0.2) is 0 Å². The topological polar surface area (TPSA) is 26.3 Å². The van der Waals surface area contributed by atoms with E-state index in [1.54, 1.807) is 0 Å². The molecule has 0 aliphatic carbocycles. The molecule has 0 heterocycles. The predicted octanol–water partition coefficient (Wildman–Crippen LogP) is 5.01. The van der Waals surface area contributed by atoms with Crippen LogP contribution in [0.25, 0.3) is 0 Å². The van der Waals surface area contributed by atoms with Gasteiger partial charge in [0, 0.05) is 4.47 Å². The van der Waals surface area contributed by atoms with Crippen LogP contribution in [-0.2, 0) is 16.0 Å². The fourth-order valence-corrected chi connectivity index (χ4v) is 2.19. The van der Waals surface area contributed by atoms with Crippen LogP contribution in [0.4, 0.5) is 0 Å². The number of hydrogen-bond acceptors (Lipinski definition) is 2. The molecule has 0 spiro atoms. The highest BCUT2D eigenvalue weighted by atomic mass is 79.9. The molecule has 4 heteroatoms. The van der Waals surface area contributed by atoms with Crippen molar-refractivity contribution in [3.8, 4) is 0 Å². The Balaban J connectivity index is 2.83. The second-order valence-electron chi connectivity index (χ2n) is 6.31. The fourth-order valence-electron chi connectivity index (χ4n) is 1.65. The lowest BCUT2D eigenvalue weighted by molar-refractivity contribution is -0.165. The van der Waals surface area contributed by atoms with Crippen molar-refractivity contribution in [3.05, 3.63) is 33.3 Å². The maximum absolute atomic E-state index is 12.2. The Hall–Kier alpha value is -0.540. The summed E-state index contributed by atoms with van der Waals surface area (Å²) in [7, 11) is 0. The van der Waals surface area contributed by atoms with Crippen LogP contribution < -0.4 is 0 Å². The average molecular weight is 348 g/mol. The van der Waals surface area contributed by atoms with Gasteiger partial charge in [-0.15, -0.1) is 0 Å². The summed E-state index contributed by atoms with van der Waals surface area (Å²) in [6.07, 6.45) is 0.609. The van der Waals surface area contributed by atoms with Crippen molar-refractivity contribution in [1.82, 2.24) is 0 Å². The molecule has 0 amide bonds. The molecule has 0 saturated heterocycles. The quantitative estimate of drug-likeness (QED) is 0.718. The lowest BCUT2D eigenvalue weighted by Crippen LogP contribution is -2.35. The van der Waals surface area contributed by atoms with E-state index < -0.39 is 11.0 Å². The summed E-state index contributed by atoms with van der Waals surface area (Å²) < 4.78 is 6.29. The lowest BCUT2D eigenvalue weighted by atomic mass is 9.85. The lowest BCUT2D eigenvalue weighted by Gasteiger charge is -2.28. The van der Waals surface area contributed by atoms with Gasteiger partial charge in [-0.1, -0.05) is 17.7 Å². The summed E-state index contributed by atoms with van der Waals surface area (Å²) in [5, 5.41) is 0.666. The largest absolute Gasteiger partial charge is 0.460 e. The molecule has 0 aliphatic heterocycles. The minimum atomic E-state index is -0.569. The van der Waals surface area contributed by atoms with Gasteiger partial charge in [0.1, 0.15) is 5.60 Å². The van der Waals surface area contributed by atoms with Crippen LogP contribution in [0.5, 0.6) is 0 Å².